The van der Waals surface area contributed by atoms with Gasteiger partial charge in [0.2, 0.25) is 0 Å². The number of aryl methyl sites for hydroxylation is 6. The third-order valence-electron chi connectivity index (χ3n) is 12.2. The normalized spacial score (nSPS) is 15.5. The van der Waals surface area contributed by atoms with Gasteiger partial charge in [0.05, 0.1) is 39.8 Å². The predicted octanol–water partition coefficient (Wildman–Crippen LogP) is 13.9. The van der Waals surface area contributed by atoms with Crippen molar-refractivity contribution in [3.8, 4) is 0 Å². The number of benzene rings is 6. The van der Waals surface area contributed by atoms with Gasteiger partial charge < -0.3 is 20.7 Å². The highest BCUT2D eigenvalue weighted by molar-refractivity contribution is 5.98. The van der Waals surface area contributed by atoms with E-state index in [1.165, 1.54) is 38.8 Å². The number of carbonyl (C=O) groups excluding carboxylic acids is 1. The Bertz CT molecular complexity index is 2260. The maximum absolute atomic E-state index is 13.2. The number of rotatable bonds is 12. The van der Waals surface area contributed by atoms with Crippen molar-refractivity contribution in [2.75, 3.05) is 16.0 Å². The molecule has 0 radical (unpaired) electrons. The Kier molecular flexibility index (Phi) is 11.9. The number of hydrogen-bond acceptors (Lipinski definition) is 5. The molecule has 0 bridgehead atoms. The van der Waals surface area contributed by atoms with Crippen molar-refractivity contribution in [2.45, 2.75) is 107 Å². The topological polar surface area (TPSA) is 62.4 Å². The first-order chi connectivity index (χ1) is 27.8. The summed E-state index contributed by atoms with van der Waals surface area (Å²) in [4.78, 5) is 13.2. The van der Waals surface area contributed by atoms with Crippen molar-refractivity contribution >= 4 is 45.2 Å². The Labute approximate surface area is 346 Å². The second-order valence-corrected chi connectivity index (χ2v) is 17.2. The van der Waals surface area contributed by atoms with E-state index in [-0.39, 0.29) is 18.1 Å². The highest BCUT2D eigenvalue weighted by atomic mass is 16.5. The quantitative estimate of drug-likeness (QED) is 0.0657. The van der Waals surface area contributed by atoms with Crippen molar-refractivity contribution in [1.82, 2.24) is 0 Å². The molecule has 6 aromatic carbocycles. The summed E-state index contributed by atoms with van der Waals surface area (Å²) in [6.07, 6.45) is 4.60. The number of fused-ring (bicyclic) bond motifs is 1. The molecule has 0 saturated heterocycles. The van der Waals surface area contributed by atoms with Gasteiger partial charge in [0.25, 0.3) is 0 Å². The Balaban J connectivity index is 1.25. The Hall–Kier alpha value is -5.68. The summed E-state index contributed by atoms with van der Waals surface area (Å²) in [5, 5.41) is 13.6. The molecule has 2 atom stereocenters. The van der Waals surface area contributed by atoms with Gasteiger partial charge in [0, 0.05) is 33.5 Å². The van der Waals surface area contributed by atoms with Crippen LogP contribution in [0, 0.1) is 52.9 Å². The predicted molar refractivity (Wildman–Crippen MR) is 245 cm³/mol. The van der Waals surface area contributed by atoms with Gasteiger partial charge in [0.15, 0.2) is 0 Å². The van der Waals surface area contributed by atoms with Crippen molar-refractivity contribution in [3.63, 3.8) is 0 Å². The lowest BCUT2D eigenvalue weighted by molar-refractivity contribution is -0.161. The molecule has 7 rings (SSSR count). The zero-order valence-electron chi connectivity index (χ0n) is 35.9. The van der Waals surface area contributed by atoms with Crippen LogP contribution in [0.2, 0.25) is 0 Å². The molecule has 5 heteroatoms. The molecule has 0 aromatic heterocycles. The van der Waals surface area contributed by atoms with E-state index < -0.39 is 5.41 Å². The lowest BCUT2D eigenvalue weighted by Crippen LogP contribution is -2.42. The van der Waals surface area contributed by atoms with Crippen LogP contribution < -0.4 is 16.0 Å². The molecule has 1 aliphatic carbocycles. The Morgan fingerprint density at radius 2 is 1.14 bits per heavy atom. The number of carbonyl (C=O) groups is 1. The molecular weight excluding hydrogens is 711 g/mol. The second-order valence-electron chi connectivity index (χ2n) is 17.2. The van der Waals surface area contributed by atoms with Crippen LogP contribution >= 0.6 is 0 Å². The number of anilines is 5. The van der Waals surface area contributed by atoms with Crippen molar-refractivity contribution in [2.24, 2.45) is 5.41 Å². The summed E-state index contributed by atoms with van der Waals surface area (Å²) in [5.41, 5.74) is 15.9. The zero-order valence-corrected chi connectivity index (χ0v) is 35.9. The summed E-state index contributed by atoms with van der Waals surface area (Å²) in [7, 11) is 0. The maximum Gasteiger partial charge on any atom is 0.311 e. The standard InChI is InChI=1S/C53H60N3O2/c1-10-53(8,9)52(57)58-48-18-14-13-17-47(48)56-46-28-27-45(43-15-11-12-16-44(43)46)49(39-19-23-41(24-20-39)54-50-35(4)29-33(2)30-36(50)5)40-21-25-42(26-22-40)55-51-37(6)31-34(3)32-38(51)7/h11-12,15-16,19-32,47-48,54-56H,10,13-14,17-18H2,1-9H3/q+1. The molecule has 3 N–H and O–H groups in total. The lowest BCUT2D eigenvalue weighted by atomic mass is 9.82. The highest BCUT2D eigenvalue weighted by Gasteiger charge is 2.35. The summed E-state index contributed by atoms with van der Waals surface area (Å²) in [6, 6.07) is 39.8. The van der Waals surface area contributed by atoms with Gasteiger partial charge in [0.1, 0.15) is 6.10 Å². The number of hydrogen-bond donors (Lipinski definition) is 3. The van der Waals surface area contributed by atoms with Gasteiger partial charge in [-0.15, -0.1) is 0 Å². The molecule has 298 valence electrons. The molecule has 0 amide bonds. The fourth-order valence-corrected chi connectivity index (χ4v) is 8.65. The monoisotopic (exact) mass is 770 g/mol. The van der Waals surface area contributed by atoms with Crippen LogP contribution in [0.5, 0.6) is 0 Å². The van der Waals surface area contributed by atoms with Crippen LogP contribution in [0.25, 0.3) is 10.8 Å². The van der Waals surface area contributed by atoms with E-state index in [0.717, 1.165) is 88.5 Å². The van der Waals surface area contributed by atoms with Crippen LogP contribution in [-0.4, -0.2) is 18.1 Å². The molecular formula is C53H60N3O2+. The average molecular weight is 771 g/mol. The van der Waals surface area contributed by atoms with E-state index in [2.05, 4.69) is 167 Å². The minimum absolute atomic E-state index is 0.0461. The third kappa shape index (κ3) is 8.74. The lowest BCUT2D eigenvalue weighted by Gasteiger charge is -2.35. The summed E-state index contributed by atoms with van der Waals surface area (Å²) < 4.78 is 6.24. The van der Waals surface area contributed by atoms with Crippen LogP contribution in [-0.2, 0) is 9.53 Å². The largest absolute Gasteiger partial charge is 0.460 e. The van der Waals surface area contributed by atoms with Gasteiger partial charge in [-0.1, -0.05) is 60.9 Å². The molecule has 1 saturated carbocycles. The van der Waals surface area contributed by atoms with Gasteiger partial charge in [-0.2, -0.15) is 0 Å². The molecule has 6 aromatic rings. The van der Waals surface area contributed by atoms with Crippen LogP contribution in [0.4, 0.5) is 28.4 Å². The first-order valence-corrected chi connectivity index (χ1v) is 21.1. The van der Waals surface area contributed by atoms with Gasteiger partial charge >= 0.3 is 5.97 Å². The second kappa shape index (κ2) is 17.0. The van der Waals surface area contributed by atoms with Crippen LogP contribution in [0.3, 0.4) is 0 Å². The van der Waals surface area contributed by atoms with Gasteiger partial charge in [-0.05, 0) is 176 Å². The van der Waals surface area contributed by atoms with Gasteiger partial charge in [-0.25, -0.2) is 0 Å². The van der Waals surface area contributed by atoms with Gasteiger partial charge in [-0.3, -0.25) is 4.79 Å². The van der Waals surface area contributed by atoms with Crippen LogP contribution in [0.15, 0.2) is 109 Å². The SMILES string of the molecule is CCC(C)(C)C(=O)OC1CCCCC1Nc1ccc([C+](c2ccc(Nc3c(C)cc(C)cc3C)cc2)c2ccc(Nc3c(C)cc(C)cc3C)cc2)c2ccccc12. The Morgan fingerprint density at radius 1 is 0.655 bits per heavy atom. The first-order valence-electron chi connectivity index (χ1n) is 21.1. The maximum atomic E-state index is 13.2. The molecule has 2 unspecified atom stereocenters. The molecule has 58 heavy (non-hydrogen) atoms. The fraction of sp³-hybridized carbons (Fsp3) is 0.321. The number of ether oxygens (including phenoxy) is 1. The average Bonchev–Trinajstić information content (AvgIpc) is 3.20. The minimum Gasteiger partial charge on any atom is -0.460 e. The van der Waals surface area contributed by atoms with E-state index >= 15 is 0 Å². The van der Waals surface area contributed by atoms with Crippen molar-refractivity contribution in [1.29, 1.82) is 0 Å². The zero-order chi connectivity index (χ0) is 41.1. The summed E-state index contributed by atoms with van der Waals surface area (Å²) >= 11 is 0. The molecule has 0 spiro atoms. The van der Waals surface area contributed by atoms with Crippen molar-refractivity contribution in [3.05, 3.63) is 165 Å². The molecule has 5 nitrogen and oxygen atoms in total. The van der Waals surface area contributed by atoms with E-state index in [4.69, 9.17) is 4.74 Å². The van der Waals surface area contributed by atoms with Crippen LogP contribution in [0.1, 0.15) is 103 Å². The van der Waals surface area contributed by atoms with E-state index in [0.29, 0.717) is 0 Å². The van der Waals surface area contributed by atoms with E-state index in [9.17, 15) is 4.79 Å². The third-order valence-corrected chi connectivity index (χ3v) is 12.2. The fourth-order valence-electron chi connectivity index (χ4n) is 8.65. The number of nitrogens with one attached hydrogen (secondary N) is 3. The molecule has 0 aliphatic heterocycles. The first kappa shape index (κ1) is 40.5. The van der Waals surface area contributed by atoms with Crippen molar-refractivity contribution < 1.29 is 9.53 Å². The summed E-state index contributed by atoms with van der Waals surface area (Å²) in [5.74, 6) is 1.06. The number of esters is 1. The molecule has 0 heterocycles. The smallest absolute Gasteiger partial charge is 0.311 e. The van der Waals surface area contributed by atoms with E-state index in [1.807, 2.05) is 20.8 Å². The molecule has 1 aliphatic rings. The summed E-state index contributed by atoms with van der Waals surface area (Å²) in [6.45, 7) is 19.0. The Morgan fingerprint density at radius 3 is 1.64 bits per heavy atom. The minimum atomic E-state index is -0.498. The highest BCUT2D eigenvalue weighted by Crippen LogP contribution is 2.40. The van der Waals surface area contributed by atoms with E-state index in [1.54, 1.807) is 0 Å². The molecule has 1 fully saturated rings.